The number of hydrogen-bond donors (Lipinski definition) is 0. The number of allylic oxidation sites excluding steroid dienone is 18. The van der Waals surface area contributed by atoms with Crippen LogP contribution in [0.25, 0.3) is 0 Å². The van der Waals surface area contributed by atoms with E-state index in [1.54, 1.807) is 0 Å². The lowest BCUT2D eigenvalue weighted by molar-refractivity contribution is -0.167. The maximum absolute atomic E-state index is 12.8. The van der Waals surface area contributed by atoms with Crippen LogP contribution in [0.5, 0.6) is 0 Å². The molecule has 0 aromatic heterocycles. The van der Waals surface area contributed by atoms with Crippen LogP contribution in [-0.4, -0.2) is 37.2 Å². The molecule has 6 nitrogen and oxygen atoms in total. The Morgan fingerprint density at radius 2 is 0.582 bits per heavy atom. The highest BCUT2D eigenvalue weighted by Gasteiger charge is 2.19. The summed E-state index contributed by atoms with van der Waals surface area (Å²) in [5.74, 6) is -0.939. The number of rotatable bonds is 48. The van der Waals surface area contributed by atoms with Crippen LogP contribution in [0.15, 0.2) is 109 Å². The van der Waals surface area contributed by atoms with Gasteiger partial charge in [-0.25, -0.2) is 0 Å². The highest BCUT2D eigenvalue weighted by molar-refractivity contribution is 5.71. The molecule has 6 heteroatoms. The van der Waals surface area contributed by atoms with Crippen molar-refractivity contribution >= 4 is 17.9 Å². The maximum atomic E-state index is 12.8. The minimum absolute atomic E-state index is 0.0915. The summed E-state index contributed by atoms with van der Waals surface area (Å²) in [5.41, 5.74) is 0. The number of unbranched alkanes of at least 4 members (excludes halogenated alkanes) is 19. The van der Waals surface area contributed by atoms with E-state index in [9.17, 15) is 14.4 Å². The highest BCUT2D eigenvalue weighted by atomic mass is 16.6. The Kier molecular flexibility index (Phi) is 51.5. The lowest BCUT2D eigenvalue weighted by atomic mass is 10.1. The molecule has 0 aromatic carbocycles. The molecule has 380 valence electrons. The zero-order valence-electron chi connectivity index (χ0n) is 43.4. The van der Waals surface area contributed by atoms with Gasteiger partial charge in [-0.2, -0.15) is 0 Å². The van der Waals surface area contributed by atoms with E-state index in [1.807, 2.05) is 0 Å². The Hall–Kier alpha value is -3.93. The molecule has 67 heavy (non-hydrogen) atoms. The second-order valence-electron chi connectivity index (χ2n) is 17.8. The van der Waals surface area contributed by atoms with Gasteiger partial charge in [-0.1, -0.05) is 220 Å². The first-order chi connectivity index (χ1) is 33.0. The molecule has 1 atom stereocenters. The summed E-state index contributed by atoms with van der Waals surface area (Å²) in [6.45, 7) is 6.41. The average molecular weight is 929 g/mol. The van der Waals surface area contributed by atoms with Crippen molar-refractivity contribution in [2.75, 3.05) is 13.2 Å². The first-order valence-electron chi connectivity index (χ1n) is 27.4. The molecule has 0 N–H and O–H groups in total. The fraction of sp³-hybridized carbons (Fsp3) is 0.656. The van der Waals surface area contributed by atoms with Crippen LogP contribution in [0.3, 0.4) is 0 Å². The monoisotopic (exact) mass is 929 g/mol. The van der Waals surface area contributed by atoms with E-state index in [2.05, 4.69) is 130 Å². The number of hydrogen-bond acceptors (Lipinski definition) is 6. The van der Waals surface area contributed by atoms with E-state index in [1.165, 1.54) is 51.4 Å². The first kappa shape index (κ1) is 63.1. The van der Waals surface area contributed by atoms with Gasteiger partial charge in [0.25, 0.3) is 0 Å². The molecule has 0 heterocycles. The van der Waals surface area contributed by atoms with Gasteiger partial charge in [-0.15, -0.1) is 0 Å². The molecule has 0 fully saturated rings. The molecule has 0 aliphatic rings. The van der Waals surface area contributed by atoms with Crippen molar-refractivity contribution in [1.82, 2.24) is 0 Å². The molecule has 0 rings (SSSR count). The molecule has 0 saturated heterocycles. The molecule has 0 amide bonds. The van der Waals surface area contributed by atoms with Crippen LogP contribution >= 0.6 is 0 Å². The number of esters is 3. The lowest BCUT2D eigenvalue weighted by Gasteiger charge is -2.18. The van der Waals surface area contributed by atoms with E-state index in [-0.39, 0.29) is 31.1 Å². The number of carbonyl (C=O) groups excluding carboxylic acids is 3. The van der Waals surface area contributed by atoms with E-state index in [4.69, 9.17) is 14.2 Å². The topological polar surface area (TPSA) is 78.9 Å². The summed E-state index contributed by atoms with van der Waals surface area (Å²) < 4.78 is 16.7. The molecule has 0 aliphatic carbocycles. The Morgan fingerprint density at radius 3 is 0.925 bits per heavy atom. The van der Waals surface area contributed by atoms with Gasteiger partial charge in [0.05, 0.1) is 0 Å². The van der Waals surface area contributed by atoms with Crippen LogP contribution in [0.1, 0.15) is 239 Å². The van der Waals surface area contributed by atoms with Crippen molar-refractivity contribution in [3.8, 4) is 0 Å². The first-order valence-corrected chi connectivity index (χ1v) is 27.4. The normalized spacial score (nSPS) is 12.9. The smallest absolute Gasteiger partial charge is 0.306 e. The van der Waals surface area contributed by atoms with Crippen LogP contribution in [0.4, 0.5) is 0 Å². The molecule has 0 saturated carbocycles. The third-order valence-corrected chi connectivity index (χ3v) is 11.3. The van der Waals surface area contributed by atoms with Gasteiger partial charge < -0.3 is 14.2 Å². The van der Waals surface area contributed by atoms with Crippen LogP contribution in [-0.2, 0) is 28.6 Å². The van der Waals surface area contributed by atoms with Gasteiger partial charge in [-0.05, 0) is 109 Å². The minimum atomic E-state index is -0.792. The molecule has 0 spiro atoms. The van der Waals surface area contributed by atoms with Crippen LogP contribution in [0, 0.1) is 0 Å². The largest absolute Gasteiger partial charge is 0.462 e. The quantitative estimate of drug-likeness (QED) is 0.0262. The summed E-state index contributed by atoms with van der Waals surface area (Å²) >= 11 is 0. The van der Waals surface area contributed by atoms with E-state index in [0.717, 1.165) is 148 Å². The molecular formula is C61H100O6. The summed E-state index contributed by atoms with van der Waals surface area (Å²) in [4.78, 5) is 37.8. The average Bonchev–Trinajstić information content (AvgIpc) is 3.33. The van der Waals surface area contributed by atoms with E-state index in [0.29, 0.717) is 19.3 Å². The molecule has 0 aromatic rings. The summed E-state index contributed by atoms with van der Waals surface area (Å²) in [6.07, 6.45) is 73.9. The van der Waals surface area contributed by atoms with Gasteiger partial charge >= 0.3 is 17.9 Å². The molecule has 0 radical (unpaired) electrons. The Morgan fingerprint density at radius 1 is 0.313 bits per heavy atom. The standard InChI is InChI=1S/C61H100O6/c1-4-7-10-13-16-18-20-22-24-26-27-28-29-30-31-32-33-34-35-36-38-39-41-43-45-48-51-54-60(63)66-57-58(56-65-59(62)53-50-47-15-12-9-6-3)67-61(64)55-52-49-46-44-42-40-37-25-23-21-19-17-14-11-8-5-2/h7,10,16,18-19,21-22,24-25,27-28,30-31,33-34,36-38,58H,4-6,8-9,11-15,17,20,23,26,29,32,35,39-57H2,1-3H3/b10-7-,18-16-,21-19-,24-22-,28-27-,31-30-,34-33-,37-25-,38-36-. The number of carbonyl (C=O) groups is 3. The highest BCUT2D eigenvalue weighted by Crippen LogP contribution is 2.13. The van der Waals surface area contributed by atoms with Crippen LogP contribution in [0.2, 0.25) is 0 Å². The molecule has 0 aliphatic heterocycles. The van der Waals surface area contributed by atoms with Gasteiger partial charge in [-0.3, -0.25) is 14.4 Å². The molecule has 1 unspecified atom stereocenters. The maximum Gasteiger partial charge on any atom is 0.306 e. The number of ether oxygens (including phenoxy) is 3. The van der Waals surface area contributed by atoms with Crippen molar-refractivity contribution in [1.29, 1.82) is 0 Å². The van der Waals surface area contributed by atoms with Crippen LogP contribution < -0.4 is 0 Å². The van der Waals surface area contributed by atoms with Crippen molar-refractivity contribution in [2.45, 2.75) is 245 Å². The second kappa shape index (κ2) is 54.7. The Balaban J connectivity index is 4.24. The minimum Gasteiger partial charge on any atom is -0.462 e. The van der Waals surface area contributed by atoms with Gasteiger partial charge in [0, 0.05) is 19.3 Å². The van der Waals surface area contributed by atoms with Crippen molar-refractivity contribution in [3.05, 3.63) is 109 Å². The Labute approximate surface area is 412 Å². The zero-order valence-corrected chi connectivity index (χ0v) is 43.4. The summed E-state index contributed by atoms with van der Waals surface area (Å²) in [6, 6.07) is 0. The molecular weight excluding hydrogens is 829 g/mol. The van der Waals surface area contributed by atoms with Crippen molar-refractivity contribution in [2.24, 2.45) is 0 Å². The van der Waals surface area contributed by atoms with Gasteiger partial charge in [0.1, 0.15) is 13.2 Å². The van der Waals surface area contributed by atoms with Crippen molar-refractivity contribution in [3.63, 3.8) is 0 Å². The Bertz CT molecular complexity index is 1390. The fourth-order valence-electron chi connectivity index (χ4n) is 7.16. The lowest BCUT2D eigenvalue weighted by Crippen LogP contribution is -2.30. The van der Waals surface area contributed by atoms with Crippen molar-refractivity contribution < 1.29 is 28.6 Å². The SMILES string of the molecule is CC/C=C\C/C=C\C/C=C\C/C=C\C/C=C\C/C=C\C/C=C\CCCCCCCC(=O)OCC(COC(=O)CCCCCCCC)OC(=O)CCCCCCC/C=C\C/C=C\CCCCCC. The third-order valence-electron chi connectivity index (χ3n) is 11.3. The van der Waals surface area contributed by atoms with Gasteiger partial charge in [0.2, 0.25) is 0 Å². The zero-order chi connectivity index (χ0) is 48.6. The third kappa shape index (κ3) is 52.9. The summed E-state index contributed by atoms with van der Waals surface area (Å²) in [7, 11) is 0. The van der Waals surface area contributed by atoms with Gasteiger partial charge in [0.15, 0.2) is 6.10 Å². The second-order valence-corrected chi connectivity index (χ2v) is 17.8. The fourth-order valence-corrected chi connectivity index (χ4v) is 7.16. The predicted octanol–water partition coefficient (Wildman–Crippen LogP) is 18.3. The van der Waals surface area contributed by atoms with E-state index < -0.39 is 6.10 Å². The molecule has 0 bridgehead atoms. The summed E-state index contributed by atoms with van der Waals surface area (Å²) in [5, 5.41) is 0. The predicted molar refractivity (Wildman–Crippen MR) is 288 cm³/mol. The van der Waals surface area contributed by atoms with E-state index >= 15 is 0 Å².